The van der Waals surface area contributed by atoms with Crippen LogP contribution < -0.4 is 10.1 Å². The molecule has 0 aliphatic heterocycles. The number of para-hydroxylation sites is 1. The molecule has 19 heavy (non-hydrogen) atoms. The molecular weight excluding hydrogens is 250 g/mol. The van der Waals surface area contributed by atoms with Crippen LogP contribution in [0.4, 0.5) is 8.78 Å². The zero-order chi connectivity index (χ0) is 14.1. The molecule has 0 atom stereocenters. The molecule has 1 aromatic carbocycles. The van der Waals surface area contributed by atoms with Gasteiger partial charge in [0.05, 0.1) is 0 Å². The normalized spacial score (nSPS) is 11.0. The van der Waals surface area contributed by atoms with E-state index in [1.807, 2.05) is 0 Å². The lowest BCUT2D eigenvalue weighted by Crippen LogP contribution is -2.33. The molecular formula is C14H22F2N2O. The molecule has 0 aliphatic rings. The number of nitrogens with zero attached hydrogens (tertiary/aromatic N) is 1. The van der Waals surface area contributed by atoms with Crippen LogP contribution in [-0.4, -0.2) is 44.2 Å². The third-order valence-corrected chi connectivity index (χ3v) is 2.94. The molecule has 0 fully saturated rings. The van der Waals surface area contributed by atoms with Gasteiger partial charge in [0.2, 0.25) is 0 Å². The highest BCUT2D eigenvalue weighted by molar-refractivity contribution is 5.25. The molecule has 1 aromatic rings. The van der Waals surface area contributed by atoms with Crippen molar-refractivity contribution in [1.29, 1.82) is 0 Å². The summed E-state index contributed by atoms with van der Waals surface area (Å²) < 4.78 is 31.6. The van der Waals surface area contributed by atoms with Gasteiger partial charge in [-0.05, 0) is 25.2 Å². The Hall–Kier alpha value is -1.20. The van der Waals surface area contributed by atoms with Crippen LogP contribution in [0, 0.1) is 11.6 Å². The molecule has 1 N–H and O–H groups in total. The molecule has 0 unspecified atom stereocenters. The van der Waals surface area contributed by atoms with Crippen molar-refractivity contribution in [2.45, 2.75) is 13.8 Å². The van der Waals surface area contributed by atoms with E-state index >= 15 is 0 Å². The van der Waals surface area contributed by atoms with Crippen molar-refractivity contribution in [2.75, 3.05) is 39.3 Å². The summed E-state index contributed by atoms with van der Waals surface area (Å²) in [5, 5.41) is 3.18. The molecule has 0 spiro atoms. The van der Waals surface area contributed by atoms with Crippen molar-refractivity contribution in [3.05, 3.63) is 29.8 Å². The van der Waals surface area contributed by atoms with Gasteiger partial charge in [0, 0.05) is 19.6 Å². The summed E-state index contributed by atoms with van der Waals surface area (Å²) in [6, 6.07) is 3.69. The largest absolute Gasteiger partial charge is 0.486 e. The Labute approximate surface area is 113 Å². The van der Waals surface area contributed by atoms with Gasteiger partial charge in [0.15, 0.2) is 17.4 Å². The molecule has 0 saturated carbocycles. The van der Waals surface area contributed by atoms with Crippen molar-refractivity contribution >= 4 is 0 Å². The zero-order valence-corrected chi connectivity index (χ0v) is 11.6. The zero-order valence-electron chi connectivity index (χ0n) is 11.6. The average Bonchev–Trinajstić information content (AvgIpc) is 2.41. The fourth-order valence-electron chi connectivity index (χ4n) is 1.75. The maximum absolute atomic E-state index is 13.2. The van der Waals surface area contributed by atoms with Crippen LogP contribution in [0.3, 0.4) is 0 Å². The fourth-order valence-corrected chi connectivity index (χ4v) is 1.75. The topological polar surface area (TPSA) is 24.5 Å². The van der Waals surface area contributed by atoms with E-state index in [1.54, 1.807) is 0 Å². The number of nitrogens with one attached hydrogen (secondary N) is 1. The molecule has 5 heteroatoms. The van der Waals surface area contributed by atoms with Gasteiger partial charge in [0.1, 0.15) is 6.61 Å². The second-order valence-electron chi connectivity index (χ2n) is 4.18. The minimum atomic E-state index is -0.664. The Morgan fingerprint density at radius 3 is 2.32 bits per heavy atom. The fraction of sp³-hybridized carbons (Fsp3) is 0.571. The van der Waals surface area contributed by atoms with Crippen LogP contribution in [0.5, 0.6) is 5.75 Å². The van der Waals surface area contributed by atoms with Gasteiger partial charge < -0.3 is 15.0 Å². The summed E-state index contributed by atoms with van der Waals surface area (Å²) in [6.45, 7) is 8.89. The van der Waals surface area contributed by atoms with E-state index in [0.717, 1.165) is 26.2 Å². The van der Waals surface area contributed by atoms with Crippen LogP contribution in [0.2, 0.25) is 0 Å². The van der Waals surface area contributed by atoms with E-state index in [-0.39, 0.29) is 12.4 Å². The number of hydrogen-bond acceptors (Lipinski definition) is 3. The summed E-state index contributed by atoms with van der Waals surface area (Å²) in [4.78, 5) is 2.30. The van der Waals surface area contributed by atoms with Gasteiger partial charge in [-0.15, -0.1) is 0 Å². The minimum Gasteiger partial charge on any atom is -0.486 e. The molecule has 1 rings (SSSR count). The summed E-state index contributed by atoms with van der Waals surface area (Å²) in [6.07, 6.45) is 0. The lowest BCUT2D eigenvalue weighted by atomic mass is 10.3. The predicted molar refractivity (Wildman–Crippen MR) is 72.5 cm³/mol. The van der Waals surface area contributed by atoms with E-state index in [0.29, 0.717) is 6.54 Å². The average molecular weight is 272 g/mol. The monoisotopic (exact) mass is 272 g/mol. The van der Waals surface area contributed by atoms with Crippen molar-refractivity contribution in [3.8, 4) is 5.75 Å². The lowest BCUT2D eigenvalue weighted by molar-refractivity contribution is 0.271. The summed E-state index contributed by atoms with van der Waals surface area (Å²) in [7, 11) is 0. The molecule has 0 saturated heterocycles. The third-order valence-electron chi connectivity index (χ3n) is 2.94. The number of ether oxygens (including phenoxy) is 1. The van der Waals surface area contributed by atoms with E-state index in [4.69, 9.17) is 4.74 Å². The maximum atomic E-state index is 13.2. The molecule has 3 nitrogen and oxygen atoms in total. The highest BCUT2D eigenvalue weighted by Gasteiger charge is 2.08. The Kier molecular flexibility index (Phi) is 7.36. The van der Waals surface area contributed by atoms with Gasteiger partial charge in [0.25, 0.3) is 0 Å². The Morgan fingerprint density at radius 2 is 1.74 bits per heavy atom. The van der Waals surface area contributed by atoms with Crippen molar-refractivity contribution in [1.82, 2.24) is 10.2 Å². The van der Waals surface area contributed by atoms with Crippen molar-refractivity contribution < 1.29 is 13.5 Å². The van der Waals surface area contributed by atoms with Gasteiger partial charge >= 0.3 is 0 Å². The molecule has 0 radical (unpaired) electrons. The van der Waals surface area contributed by atoms with E-state index in [9.17, 15) is 8.78 Å². The highest BCUT2D eigenvalue weighted by atomic mass is 19.1. The first-order chi connectivity index (χ1) is 9.19. The van der Waals surface area contributed by atoms with Crippen molar-refractivity contribution in [3.63, 3.8) is 0 Å². The van der Waals surface area contributed by atoms with E-state index in [2.05, 4.69) is 24.1 Å². The maximum Gasteiger partial charge on any atom is 0.190 e. The van der Waals surface area contributed by atoms with Gasteiger partial charge in [-0.3, -0.25) is 0 Å². The number of likely N-dealkylation sites (N-methyl/N-ethyl adjacent to an activating group) is 1. The first-order valence-electron chi connectivity index (χ1n) is 6.68. The summed E-state index contributed by atoms with van der Waals surface area (Å²) >= 11 is 0. The smallest absolute Gasteiger partial charge is 0.190 e. The molecule has 0 amide bonds. The van der Waals surface area contributed by atoms with Gasteiger partial charge in [-0.25, -0.2) is 8.78 Å². The van der Waals surface area contributed by atoms with Crippen LogP contribution >= 0.6 is 0 Å². The number of halogens is 2. The second-order valence-corrected chi connectivity index (χ2v) is 4.18. The van der Waals surface area contributed by atoms with E-state index in [1.165, 1.54) is 18.2 Å². The van der Waals surface area contributed by atoms with Gasteiger partial charge in [-0.1, -0.05) is 19.9 Å². The first-order valence-corrected chi connectivity index (χ1v) is 6.68. The minimum absolute atomic E-state index is 0.246. The number of benzene rings is 1. The quantitative estimate of drug-likeness (QED) is 0.698. The lowest BCUT2D eigenvalue weighted by Gasteiger charge is -2.18. The van der Waals surface area contributed by atoms with Crippen LogP contribution in [0.1, 0.15) is 13.8 Å². The predicted octanol–water partition coefficient (Wildman–Crippen LogP) is 2.27. The van der Waals surface area contributed by atoms with Crippen molar-refractivity contribution in [2.24, 2.45) is 0 Å². The SMILES string of the molecule is CCN(CC)CCNCCOc1c(F)cccc1F. The second kappa shape index (κ2) is 8.82. The Balaban J connectivity index is 2.17. The Morgan fingerprint density at radius 1 is 1.11 bits per heavy atom. The van der Waals surface area contributed by atoms with Crippen LogP contribution in [0.25, 0.3) is 0 Å². The van der Waals surface area contributed by atoms with Gasteiger partial charge in [-0.2, -0.15) is 0 Å². The molecule has 0 aromatic heterocycles. The number of rotatable bonds is 9. The van der Waals surface area contributed by atoms with Crippen LogP contribution in [-0.2, 0) is 0 Å². The van der Waals surface area contributed by atoms with E-state index < -0.39 is 11.6 Å². The first kappa shape index (κ1) is 15.9. The number of hydrogen-bond donors (Lipinski definition) is 1. The highest BCUT2D eigenvalue weighted by Crippen LogP contribution is 2.20. The Bertz CT molecular complexity index is 350. The molecule has 0 bridgehead atoms. The standard InChI is InChI=1S/C14H22F2N2O/c1-3-18(4-2)10-8-17-9-11-19-14-12(15)6-5-7-13(14)16/h5-7,17H,3-4,8-11H2,1-2H3. The third kappa shape index (κ3) is 5.53. The molecule has 0 heterocycles. The summed E-state index contributed by atoms with van der Waals surface area (Å²) in [5.74, 6) is -1.63. The molecule has 0 aliphatic carbocycles. The van der Waals surface area contributed by atoms with Crippen LogP contribution in [0.15, 0.2) is 18.2 Å². The molecule has 108 valence electrons. The summed E-state index contributed by atoms with van der Waals surface area (Å²) in [5.41, 5.74) is 0.